The standard InChI is InChI=1S/C19H12N4O7/c24-14-9-10(8-13(16(14)26)23(27)28)18-21-17(22-30-18)12-6-7-20-19(15(12)25)29-11-4-2-1-3-5-11/h1-9,24-26H. The molecule has 150 valence electrons. The number of aromatic hydroxyl groups is 3. The van der Waals surface area contributed by atoms with Gasteiger partial charge in [0.1, 0.15) is 5.75 Å². The Labute approximate surface area is 167 Å². The lowest BCUT2D eigenvalue weighted by molar-refractivity contribution is -0.385. The van der Waals surface area contributed by atoms with Gasteiger partial charge in [-0.15, -0.1) is 0 Å². The number of hydrogen-bond donors (Lipinski definition) is 3. The molecule has 3 N–H and O–H groups in total. The van der Waals surface area contributed by atoms with Crippen LogP contribution in [0.15, 0.2) is 59.3 Å². The first-order valence-corrected chi connectivity index (χ1v) is 8.39. The molecular weight excluding hydrogens is 396 g/mol. The van der Waals surface area contributed by atoms with E-state index in [0.29, 0.717) is 5.75 Å². The molecule has 0 fully saturated rings. The number of para-hydroxylation sites is 1. The van der Waals surface area contributed by atoms with Gasteiger partial charge in [-0.1, -0.05) is 23.4 Å². The van der Waals surface area contributed by atoms with Crippen LogP contribution >= 0.6 is 0 Å². The van der Waals surface area contributed by atoms with Crippen molar-refractivity contribution in [2.24, 2.45) is 0 Å². The van der Waals surface area contributed by atoms with Gasteiger partial charge < -0.3 is 24.6 Å². The fourth-order valence-electron chi connectivity index (χ4n) is 2.61. The first kappa shape index (κ1) is 18.7. The molecule has 30 heavy (non-hydrogen) atoms. The van der Waals surface area contributed by atoms with Gasteiger partial charge in [-0.25, -0.2) is 4.98 Å². The lowest BCUT2D eigenvalue weighted by atomic mass is 10.1. The van der Waals surface area contributed by atoms with Crippen LogP contribution in [0, 0.1) is 10.1 Å². The smallest absolute Gasteiger partial charge is 0.315 e. The SMILES string of the molecule is O=[N+]([O-])c1cc(-c2nc(-c3ccnc(Oc4ccccc4)c3O)no2)cc(O)c1O. The molecule has 0 unspecified atom stereocenters. The van der Waals surface area contributed by atoms with E-state index in [1.807, 2.05) is 6.07 Å². The number of ether oxygens (including phenoxy) is 1. The molecule has 4 aromatic rings. The van der Waals surface area contributed by atoms with Gasteiger partial charge in [-0.3, -0.25) is 10.1 Å². The van der Waals surface area contributed by atoms with Crippen molar-refractivity contribution in [2.75, 3.05) is 0 Å². The van der Waals surface area contributed by atoms with Crippen molar-refractivity contribution in [2.45, 2.75) is 0 Å². The summed E-state index contributed by atoms with van der Waals surface area (Å²) in [7, 11) is 0. The monoisotopic (exact) mass is 408 g/mol. The minimum atomic E-state index is -0.877. The third-order valence-corrected chi connectivity index (χ3v) is 4.03. The van der Waals surface area contributed by atoms with E-state index < -0.39 is 22.1 Å². The van der Waals surface area contributed by atoms with Gasteiger partial charge in [-0.05, 0) is 24.3 Å². The highest BCUT2D eigenvalue weighted by Crippen LogP contribution is 2.40. The number of phenols is 2. The van der Waals surface area contributed by atoms with E-state index in [-0.39, 0.29) is 34.5 Å². The summed E-state index contributed by atoms with van der Waals surface area (Å²) in [5.74, 6) is -1.78. The van der Waals surface area contributed by atoms with Gasteiger partial charge >= 0.3 is 5.69 Å². The quantitative estimate of drug-likeness (QED) is 0.252. The molecule has 0 aliphatic heterocycles. The summed E-state index contributed by atoms with van der Waals surface area (Å²) in [5, 5.41) is 44.6. The highest BCUT2D eigenvalue weighted by atomic mass is 16.6. The molecule has 0 bridgehead atoms. The van der Waals surface area contributed by atoms with Crippen LogP contribution in [0.1, 0.15) is 0 Å². The third kappa shape index (κ3) is 3.42. The van der Waals surface area contributed by atoms with Gasteiger partial charge in [0.05, 0.1) is 16.1 Å². The second kappa shape index (κ2) is 7.39. The van der Waals surface area contributed by atoms with Crippen molar-refractivity contribution in [1.82, 2.24) is 15.1 Å². The van der Waals surface area contributed by atoms with E-state index in [2.05, 4.69) is 15.1 Å². The van der Waals surface area contributed by atoms with Crippen molar-refractivity contribution in [3.8, 4) is 51.7 Å². The van der Waals surface area contributed by atoms with Gasteiger partial charge in [0, 0.05) is 12.3 Å². The van der Waals surface area contributed by atoms with E-state index in [9.17, 15) is 25.4 Å². The Balaban J connectivity index is 1.70. The van der Waals surface area contributed by atoms with Gasteiger partial charge in [0.2, 0.25) is 11.6 Å². The number of nitrogens with zero attached hydrogens (tertiary/aromatic N) is 4. The maximum absolute atomic E-state index is 11.0. The number of benzene rings is 2. The lowest BCUT2D eigenvalue weighted by Crippen LogP contribution is -1.91. The maximum Gasteiger partial charge on any atom is 0.315 e. The predicted octanol–water partition coefficient (Wildman–Crippen LogP) is 3.62. The molecule has 0 saturated carbocycles. The Hall–Kier alpha value is -4.67. The average Bonchev–Trinajstić information content (AvgIpc) is 3.22. The van der Waals surface area contributed by atoms with Crippen molar-refractivity contribution in [1.29, 1.82) is 0 Å². The number of hydrogen-bond acceptors (Lipinski definition) is 10. The second-order valence-corrected chi connectivity index (χ2v) is 5.97. The molecule has 4 rings (SSSR count). The van der Waals surface area contributed by atoms with E-state index in [4.69, 9.17) is 9.26 Å². The van der Waals surface area contributed by atoms with E-state index in [1.165, 1.54) is 12.3 Å². The Bertz CT molecular complexity index is 1240. The number of aromatic nitrogens is 3. The number of phenolic OH excluding ortho intramolecular Hbond substituents is 2. The predicted molar refractivity (Wildman–Crippen MR) is 101 cm³/mol. The topological polar surface area (TPSA) is 165 Å². The molecule has 0 atom stereocenters. The normalized spacial score (nSPS) is 10.7. The van der Waals surface area contributed by atoms with Gasteiger partial charge in [-0.2, -0.15) is 4.98 Å². The molecule has 2 heterocycles. The fourth-order valence-corrected chi connectivity index (χ4v) is 2.61. The molecule has 0 saturated heterocycles. The first-order chi connectivity index (χ1) is 14.4. The molecule has 0 radical (unpaired) electrons. The van der Waals surface area contributed by atoms with Gasteiger partial charge in [0.15, 0.2) is 11.5 Å². The Morgan fingerprint density at radius 3 is 2.53 bits per heavy atom. The lowest BCUT2D eigenvalue weighted by Gasteiger charge is -2.07. The van der Waals surface area contributed by atoms with Crippen molar-refractivity contribution in [3.63, 3.8) is 0 Å². The van der Waals surface area contributed by atoms with Crippen LogP contribution in [-0.4, -0.2) is 35.4 Å². The highest BCUT2D eigenvalue weighted by Gasteiger charge is 2.23. The summed E-state index contributed by atoms with van der Waals surface area (Å²) >= 11 is 0. The van der Waals surface area contributed by atoms with E-state index in [0.717, 1.165) is 12.1 Å². The summed E-state index contributed by atoms with van der Waals surface area (Å²) in [6, 6.07) is 12.1. The second-order valence-electron chi connectivity index (χ2n) is 5.97. The minimum absolute atomic E-state index is 0.00468. The average molecular weight is 408 g/mol. The molecule has 0 spiro atoms. The summed E-state index contributed by atoms with van der Waals surface area (Å²) in [6.45, 7) is 0. The van der Waals surface area contributed by atoms with Gasteiger partial charge in [0.25, 0.3) is 11.8 Å². The van der Waals surface area contributed by atoms with Crippen LogP contribution in [-0.2, 0) is 0 Å². The summed E-state index contributed by atoms with van der Waals surface area (Å²) in [4.78, 5) is 18.2. The van der Waals surface area contributed by atoms with Crippen LogP contribution in [0.2, 0.25) is 0 Å². The summed E-state index contributed by atoms with van der Waals surface area (Å²) in [5.41, 5.74) is -0.580. The molecule has 0 aliphatic rings. The number of rotatable bonds is 5. The molecule has 2 aromatic heterocycles. The minimum Gasteiger partial charge on any atom is -0.504 e. The van der Waals surface area contributed by atoms with E-state index >= 15 is 0 Å². The van der Waals surface area contributed by atoms with Crippen LogP contribution in [0.25, 0.3) is 22.8 Å². The fraction of sp³-hybridized carbons (Fsp3) is 0. The Kier molecular flexibility index (Phi) is 4.60. The molecule has 0 aliphatic carbocycles. The molecule has 11 heteroatoms. The summed E-state index contributed by atoms with van der Waals surface area (Å²) in [6.07, 6.45) is 1.38. The van der Waals surface area contributed by atoms with Crippen molar-refractivity contribution < 1.29 is 29.5 Å². The van der Waals surface area contributed by atoms with Crippen molar-refractivity contribution >= 4 is 5.69 Å². The van der Waals surface area contributed by atoms with Crippen LogP contribution in [0.5, 0.6) is 28.9 Å². The van der Waals surface area contributed by atoms with Crippen LogP contribution < -0.4 is 4.74 Å². The molecule has 2 aromatic carbocycles. The van der Waals surface area contributed by atoms with Crippen molar-refractivity contribution in [3.05, 3.63) is 64.8 Å². The summed E-state index contributed by atoms with van der Waals surface area (Å²) < 4.78 is 10.6. The maximum atomic E-state index is 11.0. The Morgan fingerprint density at radius 1 is 1.03 bits per heavy atom. The number of nitro benzene ring substituents is 1. The third-order valence-electron chi connectivity index (χ3n) is 4.03. The highest BCUT2D eigenvalue weighted by molar-refractivity contribution is 5.71. The number of pyridine rings is 1. The molecule has 0 amide bonds. The Morgan fingerprint density at radius 2 is 1.80 bits per heavy atom. The molecule has 11 nitrogen and oxygen atoms in total. The van der Waals surface area contributed by atoms with E-state index in [1.54, 1.807) is 24.3 Å². The zero-order valence-electron chi connectivity index (χ0n) is 15.0. The number of nitro groups is 1. The largest absolute Gasteiger partial charge is 0.504 e. The molecular formula is C19H12N4O7. The first-order valence-electron chi connectivity index (χ1n) is 8.39. The zero-order chi connectivity index (χ0) is 21.3. The zero-order valence-corrected chi connectivity index (χ0v) is 15.0. The van der Waals surface area contributed by atoms with Crippen LogP contribution in [0.3, 0.4) is 0 Å². The van der Waals surface area contributed by atoms with Crippen LogP contribution in [0.4, 0.5) is 5.69 Å².